The van der Waals surface area contributed by atoms with E-state index in [0.29, 0.717) is 23.6 Å². The standard InChI is InChI=1S/C21H23N3O6/c1-2-3-12-29-17-10-8-16(9-11-17)23-20(27)21(28)24-22-13-15-6-4-5-7-18(15)30-14-19(25)26/h4-11,13H,2-3,12,14H2,1H3,(H,23,27)(H,24,28)(H,25,26)/p-1/b22-13-. The summed E-state index contributed by atoms with van der Waals surface area (Å²) in [5.41, 5.74) is 2.95. The topological polar surface area (TPSA) is 129 Å². The Hall–Kier alpha value is -3.88. The number of carbonyl (C=O) groups excluding carboxylic acids is 3. The average Bonchev–Trinajstić information content (AvgIpc) is 2.74. The molecule has 0 aliphatic rings. The summed E-state index contributed by atoms with van der Waals surface area (Å²) >= 11 is 0. The molecule has 0 saturated carbocycles. The van der Waals surface area contributed by atoms with Gasteiger partial charge in [0, 0.05) is 11.3 Å². The van der Waals surface area contributed by atoms with Crippen molar-refractivity contribution in [3.63, 3.8) is 0 Å². The number of hydrazone groups is 1. The average molecular weight is 412 g/mol. The van der Waals surface area contributed by atoms with E-state index in [1.165, 1.54) is 12.3 Å². The van der Waals surface area contributed by atoms with Crippen LogP contribution in [0.25, 0.3) is 0 Å². The third kappa shape index (κ3) is 7.63. The number of nitrogens with zero attached hydrogens (tertiary/aromatic N) is 1. The number of ether oxygens (including phenoxy) is 2. The molecule has 0 heterocycles. The second kappa shape index (κ2) is 11.8. The van der Waals surface area contributed by atoms with E-state index >= 15 is 0 Å². The van der Waals surface area contributed by atoms with Crippen molar-refractivity contribution in [2.75, 3.05) is 18.5 Å². The fraction of sp³-hybridized carbons (Fsp3) is 0.238. The van der Waals surface area contributed by atoms with Crippen molar-refractivity contribution in [1.29, 1.82) is 0 Å². The van der Waals surface area contributed by atoms with Gasteiger partial charge in [-0.15, -0.1) is 0 Å². The molecule has 2 aromatic carbocycles. The molecule has 0 saturated heterocycles. The minimum absolute atomic E-state index is 0.241. The van der Waals surface area contributed by atoms with E-state index in [-0.39, 0.29) is 5.75 Å². The summed E-state index contributed by atoms with van der Waals surface area (Å²) < 4.78 is 10.6. The largest absolute Gasteiger partial charge is 0.546 e. The van der Waals surface area contributed by atoms with Gasteiger partial charge in [0.25, 0.3) is 0 Å². The fourth-order valence-electron chi connectivity index (χ4n) is 2.22. The molecule has 2 amide bonds. The molecule has 30 heavy (non-hydrogen) atoms. The van der Waals surface area contributed by atoms with Crippen LogP contribution in [0.4, 0.5) is 5.69 Å². The van der Waals surface area contributed by atoms with E-state index in [4.69, 9.17) is 9.47 Å². The summed E-state index contributed by atoms with van der Waals surface area (Å²) in [6.45, 7) is 2.06. The van der Waals surface area contributed by atoms with Gasteiger partial charge >= 0.3 is 11.8 Å². The fourth-order valence-corrected chi connectivity index (χ4v) is 2.22. The Labute approximate surface area is 173 Å². The highest BCUT2D eigenvalue weighted by atomic mass is 16.5. The summed E-state index contributed by atoms with van der Waals surface area (Å²) in [7, 11) is 0. The summed E-state index contributed by atoms with van der Waals surface area (Å²) in [6.07, 6.45) is 3.22. The molecule has 0 spiro atoms. The molecule has 0 fully saturated rings. The molecule has 2 N–H and O–H groups in total. The Morgan fingerprint density at radius 2 is 1.77 bits per heavy atom. The van der Waals surface area contributed by atoms with Crippen LogP contribution in [-0.2, 0) is 14.4 Å². The Morgan fingerprint density at radius 3 is 2.47 bits per heavy atom. The number of amides is 2. The highest BCUT2D eigenvalue weighted by molar-refractivity contribution is 6.39. The molecule has 0 radical (unpaired) electrons. The number of carboxylic acid groups (broad SMARTS) is 1. The van der Waals surface area contributed by atoms with E-state index in [1.54, 1.807) is 42.5 Å². The maximum atomic E-state index is 12.0. The SMILES string of the molecule is CCCCOc1ccc(NC(=O)C(=O)N/N=C\c2ccccc2OCC(=O)[O-])cc1. The number of hydrogen-bond donors (Lipinski definition) is 2. The van der Waals surface area contributed by atoms with Gasteiger partial charge < -0.3 is 24.7 Å². The van der Waals surface area contributed by atoms with Gasteiger partial charge in [-0.1, -0.05) is 25.5 Å². The Kier molecular flexibility index (Phi) is 8.85. The molecule has 0 aliphatic carbocycles. The monoisotopic (exact) mass is 412 g/mol. The predicted octanol–water partition coefficient (Wildman–Crippen LogP) is 1.08. The van der Waals surface area contributed by atoms with Crippen molar-refractivity contribution in [2.24, 2.45) is 5.10 Å². The van der Waals surface area contributed by atoms with Crippen LogP contribution in [0.2, 0.25) is 0 Å². The van der Waals surface area contributed by atoms with Gasteiger partial charge in [0.15, 0.2) is 0 Å². The third-order valence-electron chi connectivity index (χ3n) is 3.72. The summed E-state index contributed by atoms with van der Waals surface area (Å²) in [6, 6.07) is 13.1. The van der Waals surface area contributed by atoms with Gasteiger partial charge in [0.2, 0.25) is 0 Å². The molecule has 158 valence electrons. The van der Waals surface area contributed by atoms with Gasteiger partial charge in [-0.2, -0.15) is 5.10 Å². The van der Waals surface area contributed by atoms with Gasteiger partial charge in [-0.05, 0) is 42.8 Å². The summed E-state index contributed by atoms with van der Waals surface area (Å²) in [5, 5.41) is 16.7. The molecule has 0 aromatic heterocycles. The van der Waals surface area contributed by atoms with Crippen LogP contribution in [0.3, 0.4) is 0 Å². The van der Waals surface area contributed by atoms with E-state index < -0.39 is 24.4 Å². The van der Waals surface area contributed by atoms with Crippen LogP contribution < -0.4 is 25.3 Å². The maximum absolute atomic E-state index is 12.0. The first kappa shape index (κ1) is 22.4. The molecule has 0 atom stereocenters. The van der Waals surface area contributed by atoms with Gasteiger partial charge in [0.05, 0.1) is 18.8 Å². The highest BCUT2D eigenvalue weighted by Crippen LogP contribution is 2.16. The maximum Gasteiger partial charge on any atom is 0.329 e. The van der Waals surface area contributed by atoms with E-state index in [2.05, 4.69) is 22.8 Å². The minimum atomic E-state index is -1.37. The number of carboxylic acids is 1. The number of para-hydroxylation sites is 1. The summed E-state index contributed by atoms with van der Waals surface area (Å²) in [4.78, 5) is 34.4. The molecular weight excluding hydrogens is 390 g/mol. The lowest BCUT2D eigenvalue weighted by molar-refractivity contribution is -0.307. The molecule has 0 aliphatic heterocycles. The van der Waals surface area contributed by atoms with Crippen molar-refractivity contribution in [1.82, 2.24) is 5.43 Å². The van der Waals surface area contributed by atoms with Gasteiger partial charge in [-0.25, -0.2) is 5.43 Å². The quantitative estimate of drug-likeness (QED) is 0.260. The van der Waals surface area contributed by atoms with Crippen molar-refractivity contribution in [3.8, 4) is 11.5 Å². The molecule has 9 nitrogen and oxygen atoms in total. The molecule has 2 rings (SSSR count). The Balaban J connectivity index is 1.86. The number of anilines is 1. The second-order valence-corrected chi connectivity index (χ2v) is 6.08. The first-order chi connectivity index (χ1) is 14.5. The van der Waals surface area contributed by atoms with Crippen LogP contribution in [-0.4, -0.2) is 37.2 Å². The second-order valence-electron chi connectivity index (χ2n) is 6.08. The number of aliphatic carboxylic acids is 1. The zero-order chi connectivity index (χ0) is 21.8. The van der Waals surface area contributed by atoms with Gasteiger partial charge in [0.1, 0.15) is 18.1 Å². The van der Waals surface area contributed by atoms with Gasteiger partial charge in [-0.3, -0.25) is 9.59 Å². The lowest BCUT2D eigenvalue weighted by Crippen LogP contribution is -2.32. The van der Waals surface area contributed by atoms with Crippen LogP contribution in [0.1, 0.15) is 25.3 Å². The first-order valence-corrected chi connectivity index (χ1v) is 9.28. The molecule has 0 bridgehead atoms. The van der Waals surface area contributed by atoms with Crippen molar-refractivity contribution < 1.29 is 29.0 Å². The zero-order valence-electron chi connectivity index (χ0n) is 16.4. The third-order valence-corrected chi connectivity index (χ3v) is 3.72. The molecule has 9 heteroatoms. The van der Waals surface area contributed by atoms with E-state index in [1.807, 2.05) is 0 Å². The number of rotatable bonds is 10. The molecule has 2 aromatic rings. The number of carbonyl (C=O) groups is 3. The lowest BCUT2D eigenvalue weighted by Gasteiger charge is -2.09. The van der Waals surface area contributed by atoms with Crippen molar-refractivity contribution >= 4 is 29.7 Å². The minimum Gasteiger partial charge on any atom is -0.546 e. The highest BCUT2D eigenvalue weighted by Gasteiger charge is 2.13. The number of hydrogen-bond acceptors (Lipinski definition) is 7. The van der Waals surface area contributed by atoms with Crippen molar-refractivity contribution in [3.05, 3.63) is 54.1 Å². The summed E-state index contributed by atoms with van der Waals surface area (Å²) in [5.74, 6) is -2.32. The number of unbranched alkanes of at least 4 members (excludes halogenated alkanes) is 1. The van der Waals surface area contributed by atoms with E-state index in [0.717, 1.165) is 12.8 Å². The lowest BCUT2D eigenvalue weighted by atomic mass is 10.2. The Bertz CT molecular complexity index is 896. The van der Waals surface area contributed by atoms with E-state index in [9.17, 15) is 19.5 Å². The Morgan fingerprint density at radius 1 is 1.03 bits per heavy atom. The van der Waals surface area contributed by atoms with Crippen LogP contribution in [0.5, 0.6) is 11.5 Å². The van der Waals surface area contributed by atoms with Crippen LogP contribution in [0.15, 0.2) is 53.6 Å². The number of benzene rings is 2. The zero-order valence-corrected chi connectivity index (χ0v) is 16.4. The van der Waals surface area contributed by atoms with Crippen LogP contribution >= 0.6 is 0 Å². The van der Waals surface area contributed by atoms with Crippen molar-refractivity contribution in [2.45, 2.75) is 19.8 Å². The molecular formula is C21H22N3O6-. The first-order valence-electron chi connectivity index (χ1n) is 9.28. The normalized spacial score (nSPS) is 10.4. The van der Waals surface area contributed by atoms with Crippen LogP contribution in [0, 0.1) is 0 Å². The predicted molar refractivity (Wildman–Crippen MR) is 108 cm³/mol. The number of nitrogens with one attached hydrogen (secondary N) is 2. The molecule has 0 unspecified atom stereocenters. The smallest absolute Gasteiger partial charge is 0.329 e.